The molecule has 2 fully saturated rings. The molecule has 2 aliphatic rings. The van der Waals surface area contributed by atoms with Gasteiger partial charge in [-0.25, -0.2) is 4.79 Å². The minimum atomic E-state index is -0.794. The third kappa shape index (κ3) is 3.44. The van der Waals surface area contributed by atoms with Crippen LogP contribution in [-0.4, -0.2) is 41.6 Å². The lowest BCUT2D eigenvalue weighted by Gasteiger charge is -2.37. The number of likely N-dealkylation sites (tertiary alicyclic amines) is 1. The van der Waals surface area contributed by atoms with Crippen LogP contribution in [0, 0.1) is 11.3 Å². The fourth-order valence-corrected chi connectivity index (χ4v) is 3.48. The molecular weight excluding hydrogens is 256 g/mol. The molecule has 1 aliphatic carbocycles. The average Bonchev–Trinajstić information content (AvgIpc) is 2.96. The second-order valence-corrected chi connectivity index (χ2v) is 6.34. The van der Waals surface area contributed by atoms with Crippen LogP contribution in [-0.2, 0) is 4.79 Å². The van der Waals surface area contributed by atoms with E-state index in [1.54, 1.807) is 4.90 Å². The number of hydrogen-bond donors (Lipinski definition) is 2. The summed E-state index contributed by atoms with van der Waals surface area (Å²) in [6.07, 6.45) is 7.89. The number of amides is 2. The lowest BCUT2D eigenvalue weighted by Crippen LogP contribution is -2.44. The number of aliphatic carboxylic acids is 1. The lowest BCUT2D eigenvalue weighted by molar-refractivity contribution is -0.141. The molecule has 1 heterocycles. The summed E-state index contributed by atoms with van der Waals surface area (Å²) < 4.78 is 0. The molecule has 0 aromatic carbocycles. The van der Waals surface area contributed by atoms with E-state index in [2.05, 4.69) is 12.2 Å². The maximum atomic E-state index is 12.1. The first-order valence-electron chi connectivity index (χ1n) is 7.82. The van der Waals surface area contributed by atoms with Crippen molar-refractivity contribution in [3.63, 3.8) is 0 Å². The van der Waals surface area contributed by atoms with E-state index < -0.39 is 11.9 Å². The zero-order valence-electron chi connectivity index (χ0n) is 12.4. The summed E-state index contributed by atoms with van der Waals surface area (Å²) >= 11 is 0. The highest BCUT2D eigenvalue weighted by Crippen LogP contribution is 2.38. The Morgan fingerprint density at radius 3 is 2.55 bits per heavy atom. The van der Waals surface area contributed by atoms with Gasteiger partial charge in [0.1, 0.15) is 0 Å². The van der Waals surface area contributed by atoms with E-state index in [4.69, 9.17) is 5.11 Å². The standard InChI is InChI=1S/C15H26N2O3/c1-2-15(7-4-3-5-8-15)11-16-14(20)17-9-6-12(10-17)13(18)19/h12H,2-11H2,1H3,(H,16,20)(H,18,19). The van der Waals surface area contributed by atoms with Crippen molar-refractivity contribution in [2.75, 3.05) is 19.6 Å². The number of carboxylic acid groups (broad SMARTS) is 1. The first-order valence-corrected chi connectivity index (χ1v) is 7.82. The molecule has 2 N–H and O–H groups in total. The zero-order chi connectivity index (χ0) is 14.6. The molecule has 2 amide bonds. The number of carbonyl (C=O) groups excluding carboxylic acids is 1. The van der Waals surface area contributed by atoms with Crippen molar-refractivity contribution in [3.05, 3.63) is 0 Å². The highest BCUT2D eigenvalue weighted by Gasteiger charge is 2.33. The van der Waals surface area contributed by atoms with Gasteiger partial charge >= 0.3 is 12.0 Å². The Bertz CT molecular complexity index is 364. The Balaban J connectivity index is 1.81. The molecule has 5 nitrogen and oxygen atoms in total. The number of carbonyl (C=O) groups is 2. The normalized spacial score (nSPS) is 25.4. The lowest BCUT2D eigenvalue weighted by atomic mass is 9.72. The highest BCUT2D eigenvalue weighted by atomic mass is 16.4. The van der Waals surface area contributed by atoms with Gasteiger partial charge in [-0.3, -0.25) is 4.79 Å². The molecule has 1 saturated heterocycles. The zero-order valence-corrected chi connectivity index (χ0v) is 12.4. The largest absolute Gasteiger partial charge is 0.481 e. The summed E-state index contributed by atoms with van der Waals surface area (Å²) in [4.78, 5) is 24.7. The van der Waals surface area contributed by atoms with E-state index in [-0.39, 0.29) is 11.4 Å². The summed E-state index contributed by atoms with van der Waals surface area (Å²) in [6.45, 7) is 3.84. The van der Waals surface area contributed by atoms with Crippen molar-refractivity contribution in [2.24, 2.45) is 11.3 Å². The van der Waals surface area contributed by atoms with Crippen LogP contribution in [0.25, 0.3) is 0 Å². The van der Waals surface area contributed by atoms with E-state index in [1.807, 2.05) is 0 Å². The van der Waals surface area contributed by atoms with Gasteiger partial charge in [0, 0.05) is 19.6 Å². The predicted octanol–water partition coefficient (Wildman–Crippen LogP) is 2.46. The fourth-order valence-electron chi connectivity index (χ4n) is 3.48. The average molecular weight is 282 g/mol. The van der Waals surface area contributed by atoms with E-state index >= 15 is 0 Å². The molecule has 0 bridgehead atoms. The molecule has 0 radical (unpaired) electrons. The number of hydrogen-bond acceptors (Lipinski definition) is 2. The summed E-state index contributed by atoms with van der Waals surface area (Å²) in [5, 5.41) is 12.0. The molecule has 1 aliphatic heterocycles. The topological polar surface area (TPSA) is 69.6 Å². The van der Waals surface area contributed by atoms with Crippen molar-refractivity contribution in [1.29, 1.82) is 0 Å². The van der Waals surface area contributed by atoms with Gasteiger partial charge < -0.3 is 15.3 Å². The smallest absolute Gasteiger partial charge is 0.317 e. The number of rotatable bonds is 4. The van der Waals surface area contributed by atoms with Gasteiger partial charge in [-0.05, 0) is 31.1 Å². The molecular formula is C15H26N2O3. The Kier molecular flexibility index (Phi) is 4.89. The van der Waals surface area contributed by atoms with Gasteiger partial charge in [-0.2, -0.15) is 0 Å². The third-order valence-corrected chi connectivity index (χ3v) is 5.10. The second-order valence-electron chi connectivity index (χ2n) is 6.34. The quantitative estimate of drug-likeness (QED) is 0.832. The van der Waals surface area contributed by atoms with Gasteiger partial charge in [0.25, 0.3) is 0 Å². The minimum Gasteiger partial charge on any atom is -0.481 e. The Morgan fingerprint density at radius 1 is 1.30 bits per heavy atom. The van der Waals surface area contributed by atoms with Crippen molar-refractivity contribution in [2.45, 2.75) is 51.9 Å². The molecule has 0 aromatic heterocycles. The predicted molar refractivity (Wildman–Crippen MR) is 76.5 cm³/mol. The van der Waals surface area contributed by atoms with E-state index in [0.29, 0.717) is 19.5 Å². The van der Waals surface area contributed by atoms with E-state index in [1.165, 1.54) is 32.1 Å². The minimum absolute atomic E-state index is 0.0906. The van der Waals surface area contributed by atoms with E-state index in [0.717, 1.165) is 13.0 Å². The Hall–Kier alpha value is -1.26. The Labute approximate surface area is 120 Å². The number of urea groups is 1. The van der Waals surface area contributed by atoms with E-state index in [9.17, 15) is 9.59 Å². The van der Waals surface area contributed by atoms with Crippen LogP contribution < -0.4 is 5.32 Å². The summed E-state index contributed by atoms with van der Waals surface area (Å²) in [7, 11) is 0. The second kappa shape index (κ2) is 6.46. The highest BCUT2D eigenvalue weighted by molar-refractivity contribution is 5.77. The van der Waals surface area contributed by atoms with Crippen LogP contribution in [0.3, 0.4) is 0 Å². The molecule has 114 valence electrons. The molecule has 2 rings (SSSR count). The van der Waals surface area contributed by atoms with Crippen LogP contribution in [0.1, 0.15) is 51.9 Å². The number of nitrogens with zero attached hydrogens (tertiary/aromatic N) is 1. The third-order valence-electron chi connectivity index (χ3n) is 5.10. The summed E-state index contributed by atoms with van der Waals surface area (Å²) in [6, 6.07) is -0.0906. The summed E-state index contributed by atoms with van der Waals surface area (Å²) in [5.41, 5.74) is 0.264. The van der Waals surface area contributed by atoms with Crippen LogP contribution >= 0.6 is 0 Å². The van der Waals surface area contributed by atoms with Gasteiger partial charge in [-0.1, -0.05) is 26.2 Å². The monoisotopic (exact) mass is 282 g/mol. The molecule has 1 atom stereocenters. The van der Waals surface area contributed by atoms with Gasteiger partial charge in [0.05, 0.1) is 5.92 Å². The van der Waals surface area contributed by atoms with Gasteiger partial charge in [-0.15, -0.1) is 0 Å². The molecule has 0 aromatic rings. The maximum absolute atomic E-state index is 12.1. The number of nitrogens with one attached hydrogen (secondary N) is 1. The molecule has 1 unspecified atom stereocenters. The molecule has 20 heavy (non-hydrogen) atoms. The first-order chi connectivity index (χ1) is 9.56. The maximum Gasteiger partial charge on any atom is 0.317 e. The van der Waals surface area contributed by atoms with Crippen LogP contribution in [0.2, 0.25) is 0 Å². The summed E-state index contributed by atoms with van der Waals surface area (Å²) in [5.74, 6) is -1.19. The Morgan fingerprint density at radius 2 is 2.00 bits per heavy atom. The van der Waals surface area contributed by atoms with Crippen LogP contribution in [0.4, 0.5) is 4.79 Å². The SMILES string of the molecule is CCC1(CNC(=O)N2CCC(C(=O)O)C2)CCCCC1. The van der Waals surface area contributed by atoms with Crippen molar-refractivity contribution in [3.8, 4) is 0 Å². The van der Waals surface area contributed by atoms with Crippen molar-refractivity contribution in [1.82, 2.24) is 10.2 Å². The number of carboxylic acids is 1. The van der Waals surface area contributed by atoms with Crippen molar-refractivity contribution < 1.29 is 14.7 Å². The molecule has 0 spiro atoms. The fraction of sp³-hybridized carbons (Fsp3) is 0.867. The van der Waals surface area contributed by atoms with Gasteiger partial charge in [0.15, 0.2) is 0 Å². The van der Waals surface area contributed by atoms with Crippen molar-refractivity contribution >= 4 is 12.0 Å². The first kappa shape index (κ1) is 15.1. The van der Waals surface area contributed by atoms with Crippen LogP contribution in [0.5, 0.6) is 0 Å². The molecule has 1 saturated carbocycles. The molecule has 5 heteroatoms. The van der Waals surface area contributed by atoms with Gasteiger partial charge in [0.2, 0.25) is 0 Å². The van der Waals surface area contributed by atoms with Crippen LogP contribution in [0.15, 0.2) is 0 Å².